The summed E-state index contributed by atoms with van der Waals surface area (Å²) in [5, 5.41) is 9.22. The van der Waals surface area contributed by atoms with Crippen LogP contribution in [0.5, 0.6) is 0 Å². The van der Waals surface area contributed by atoms with Crippen LogP contribution in [-0.2, 0) is 9.53 Å². The molecule has 2 rings (SSSR count). The first-order valence-corrected chi connectivity index (χ1v) is 5.35. The van der Waals surface area contributed by atoms with Crippen molar-refractivity contribution in [1.82, 2.24) is 0 Å². The van der Waals surface area contributed by atoms with Gasteiger partial charge in [0.1, 0.15) is 18.0 Å². The highest BCUT2D eigenvalue weighted by atomic mass is 19.1. The van der Waals surface area contributed by atoms with Gasteiger partial charge < -0.3 is 14.7 Å². The highest BCUT2D eigenvalue weighted by molar-refractivity contribution is 5.95. The number of hydrogen-bond acceptors (Lipinski definition) is 3. The Balaban J connectivity index is 2.27. The second-order valence-electron chi connectivity index (χ2n) is 4.36. The molecule has 0 aromatic heterocycles. The van der Waals surface area contributed by atoms with Crippen molar-refractivity contribution in [1.29, 1.82) is 0 Å². The molecule has 1 N–H and O–H groups in total. The molecule has 1 aliphatic heterocycles. The molecular weight excluding hydrogens is 225 g/mol. The number of carbonyl (C=O) groups excluding carboxylic acids is 1. The van der Waals surface area contributed by atoms with Crippen molar-refractivity contribution < 1.29 is 19.0 Å². The Bertz CT molecular complexity index is 438. The number of amides is 1. The van der Waals surface area contributed by atoms with Crippen LogP contribution in [0.15, 0.2) is 24.3 Å². The van der Waals surface area contributed by atoms with Crippen molar-refractivity contribution in [3.05, 3.63) is 30.1 Å². The van der Waals surface area contributed by atoms with E-state index in [2.05, 4.69) is 0 Å². The van der Waals surface area contributed by atoms with E-state index in [-0.39, 0.29) is 25.7 Å². The largest absolute Gasteiger partial charge is 0.393 e. The van der Waals surface area contributed by atoms with Gasteiger partial charge in [0.05, 0.1) is 13.2 Å². The van der Waals surface area contributed by atoms with Gasteiger partial charge in [-0.2, -0.15) is 0 Å². The molecule has 0 radical (unpaired) electrons. The fourth-order valence-electron chi connectivity index (χ4n) is 1.76. The van der Waals surface area contributed by atoms with E-state index in [9.17, 15) is 14.3 Å². The average Bonchev–Trinajstić information content (AvgIpc) is 2.33. The molecule has 4 nitrogen and oxygen atoms in total. The average molecular weight is 239 g/mol. The second kappa shape index (κ2) is 4.43. The van der Waals surface area contributed by atoms with Crippen molar-refractivity contribution >= 4 is 11.6 Å². The van der Waals surface area contributed by atoms with Crippen molar-refractivity contribution in [2.45, 2.75) is 12.5 Å². The van der Waals surface area contributed by atoms with Gasteiger partial charge in [0.25, 0.3) is 5.91 Å². The van der Waals surface area contributed by atoms with Gasteiger partial charge in [-0.1, -0.05) is 6.07 Å². The molecule has 1 fully saturated rings. The highest BCUT2D eigenvalue weighted by Gasteiger charge is 2.36. The summed E-state index contributed by atoms with van der Waals surface area (Å²) in [6, 6.07) is 5.81. The molecule has 1 aromatic carbocycles. The summed E-state index contributed by atoms with van der Waals surface area (Å²) in [5.74, 6) is -0.631. The van der Waals surface area contributed by atoms with E-state index >= 15 is 0 Å². The number of hydrogen-bond donors (Lipinski definition) is 1. The van der Waals surface area contributed by atoms with E-state index in [0.29, 0.717) is 5.69 Å². The van der Waals surface area contributed by atoms with E-state index in [0.717, 1.165) is 0 Å². The third-order valence-electron chi connectivity index (χ3n) is 2.79. The topological polar surface area (TPSA) is 49.8 Å². The zero-order valence-electron chi connectivity index (χ0n) is 9.52. The Morgan fingerprint density at radius 3 is 3.00 bits per heavy atom. The Kier molecular flexibility index (Phi) is 3.13. The maximum absolute atomic E-state index is 13.1. The second-order valence-corrected chi connectivity index (χ2v) is 4.36. The standard InChI is InChI=1S/C12H14FNO3/c1-12(8-15)7-14(11(16)6-17-12)10-4-2-3-9(13)5-10/h2-5,15H,6-8H2,1H3. The van der Waals surface area contributed by atoms with Gasteiger partial charge in [0.15, 0.2) is 0 Å². The Labute approximate surface area is 98.6 Å². The first-order valence-electron chi connectivity index (χ1n) is 5.35. The van der Waals surface area contributed by atoms with Crippen LogP contribution in [0.2, 0.25) is 0 Å². The molecule has 1 unspecified atom stereocenters. The van der Waals surface area contributed by atoms with Crippen LogP contribution in [0.3, 0.4) is 0 Å². The smallest absolute Gasteiger partial charge is 0.253 e. The summed E-state index contributed by atoms with van der Waals surface area (Å²) in [7, 11) is 0. The molecule has 1 heterocycles. The van der Waals surface area contributed by atoms with Crippen LogP contribution >= 0.6 is 0 Å². The molecule has 1 aromatic rings. The van der Waals surface area contributed by atoms with E-state index in [1.807, 2.05) is 0 Å². The lowest BCUT2D eigenvalue weighted by molar-refractivity contribution is -0.141. The zero-order valence-corrected chi connectivity index (χ0v) is 9.52. The summed E-state index contributed by atoms with van der Waals surface area (Å²) >= 11 is 0. The quantitative estimate of drug-likeness (QED) is 0.835. The van der Waals surface area contributed by atoms with Crippen LogP contribution in [0.25, 0.3) is 0 Å². The fraction of sp³-hybridized carbons (Fsp3) is 0.417. The lowest BCUT2D eigenvalue weighted by Crippen LogP contribution is -2.55. The summed E-state index contributed by atoms with van der Waals surface area (Å²) in [4.78, 5) is 13.1. The first kappa shape index (κ1) is 12.0. The molecule has 0 saturated carbocycles. The summed E-state index contributed by atoms with van der Waals surface area (Å²) in [6.45, 7) is 1.64. The number of carbonyl (C=O) groups is 1. The molecule has 1 amide bonds. The number of aliphatic hydroxyl groups is 1. The summed E-state index contributed by atoms with van der Waals surface area (Å²) in [5.41, 5.74) is -0.307. The number of rotatable bonds is 2. The van der Waals surface area contributed by atoms with Crippen LogP contribution in [0.4, 0.5) is 10.1 Å². The van der Waals surface area contributed by atoms with Crippen LogP contribution in [-0.4, -0.2) is 36.4 Å². The number of ether oxygens (including phenoxy) is 1. The molecular formula is C12H14FNO3. The molecule has 92 valence electrons. The van der Waals surface area contributed by atoms with E-state index in [1.54, 1.807) is 19.1 Å². The highest BCUT2D eigenvalue weighted by Crippen LogP contribution is 2.24. The summed E-state index contributed by atoms with van der Waals surface area (Å²) in [6.07, 6.45) is 0. The number of halogens is 1. The van der Waals surface area contributed by atoms with Crippen molar-refractivity contribution in [2.24, 2.45) is 0 Å². The minimum atomic E-state index is -0.791. The lowest BCUT2D eigenvalue weighted by atomic mass is 10.0. The maximum Gasteiger partial charge on any atom is 0.253 e. The van der Waals surface area contributed by atoms with E-state index < -0.39 is 11.4 Å². The van der Waals surface area contributed by atoms with Crippen LogP contribution < -0.4 is 4.90 Å². The Morgan fingerprint density at radius 2 is 2.35 bits per heavy atom. The maximum atomic E-state index is 13.1. The van der Waals surface area contributed by atoms with Crippen molar-refractivity contribution in [3.8, 4) is 0 Å². The normalized spacial score (nSPS) is 25.1. The molecule has 0 aliphatic carbocycles. The van der Waals surface area contributed by atoms with E-state index in [4.69, 9.17) is 4.74 Å². The molecule has 1 aliphatic rings. The minimum absolute atomic E-state index is 0.104. The predicted molar refractivity (Wildman–Crippen MR) is 60.2 cm³/mol. The van der Waals surface area contributed by atoms with E-state index in [1.165, 1.54) is 17.0 Å². The van der Waals surface area contributed by atoms with Crippen molar-refractivity contribution in [3.63, 3.8) is 0 Å². The van der Waals surface area contributed by atoms with Gasteiger partial charge in [-0.15, -0.1) is 0 Å². The van der Waals surface area contributed by atoms with Gasteiger partial charge in [-0.25, -0.2) is 4.39 Å². The number of benzene rings is 1. The molecule has 5 heteroatoms. The van der Waals surface area contributed by atoms with Gasteiger partial charge in [0, 0.05) is 5.69 Å². The van der Waals surface area contributed by atoms with Gasteiger partial charge in [-0.05, 0) is 25.1 Å². The third-order valence-corrected chi connectivity index (χ3v) is 2.79. The molecule has 1 atom stereocenters. The predicted octanol–water partition coefficient (Wildman–Crippen LogP) is 0.940. The summed E-state index contributed by atoms with van der Waals surface area (Å²) < 4.78 is 18.4. The monoisotopic (exact) mass is 239 g/mol. The number of anilines is 1. The Morgan fingerprint density at radius 1 is 1.59 bits per heavy atom. The zero-order chi connectivity index (χ0) is 12.5. The van der Waals surface area contributed by atoms with Crippen LogP contribution in [0.1, 0.15) is 6.92 Å². The first-order chi connectivity index (χ1) is 8.04. The van der Waals surface area contributed by atoms with Crippen LogP contribution in [0, 0.1) is 5.82 Å². The molecule has 1 saturated heterocycles. The fourth-order valence-corrected chi connectivity index (χ4v) is 1.76. The number of aliphatic hydroxyl groups excluding tert-OH is 1. The molecule has 0 spiro atoms. The van der Waals surface area contributed by atoms with Gasteiger partial charge in [0.2, 0.25) is 0 Å². The Hall–Kier alpha value is -1.46. The van der Waals surface area contributed by atoms with Gasteiger partial charge in [-0.3, -0.25) is 4.79 Å². The third kappa shape index (κ3) is 2.45. The van der Waals surface area contributed by atoms with Crippen molar-refractivity contribution in [2.75, 3.05) is 24.7 Å². The molecule has 17 heavy (non-hydrogen) atoms. The number of morpholine rings is 1. The van der Waals surface area contributed by atoms with Gasteiger partial charge >= 0.3 is 0 Å². The number of nitrogens with zero attached hydrogens (tertiary/aromatic N) is 1. The molecule has 0 bridgehead atoms. The lowest BCUT2D eigenvalue weighted by Gasteiger charge is -2.39. The SMILES string of the molecule is CC1(CO)CN(c2cccc(F)c2)C(=O)CO1. The minimum Gasteiger partial charge on any atom is -0.393 e.